The maximum absolute atomic E-state index is 16.4. The van der Waals surface area contributed by atoms with Crippen LogP contribution in [0, 0.1) is 0 Å². The highest BCUT2D eigenvalue weighted by atomic mass is 19.4. The highest BCUT2D eigenvalue weighted by molar-refractivity contribution is 5.83. The molecule has 362 valence electrons. The van der Waals surface area contributed by atoms with Gasteiger partial charge in [0.05, 0.1) is 0 Å². The summed E-state index contributed by atoms with van der Waals surface area (Å²) in [4.78, 5) is 0. The van der Waals surface area contributed by atoms with Crippen molar-refractivity contribution in [2.75, 3.05) is 0 Å². The van der Waals surface area contributed by atoms with Gasteiger partial charge in [0, 0.05) is 0 Å². The van der Waals surface area contributed by atoms with Gasteiger partial charge in [0.2, 0.25) is 0 Å². The van der Waals surface area contributed by atoms with Gasteiger partial charge in [-0.05, 0) is 22.3 Å². The first kappa shape index (κ1) is 53.4. The van der Waals surface area contributed by atoms with Crippen LogP contribution in [0.15, 0.2) is 48.5 Å². The molecular formula is C29H8F34. The summed E-state index contributed by atoms with van der Waals surface area (Å²) in [5, 5.41) is 0. The average molecular weight is 1000 g/mol. The summed E-state index contributed by atoms with van der Waals surface area (Å²) in [6.45, 7) is 0. The molecule has 1 aliphatic rings. The Labute approximate surface area is 321 Å². The Hall–Kier alpha value is -3.94. The first-order valence-corrected chi connectivity index (χ1v) is 14.8. The molecule has 34 heteroatoms. The average Bonchev–Trinajstić information content (AvgIpc) is 3.41. The number of alkyl halides is 34. The third-order valence-electron chi connectivity index (χ3n) is 9.34. The van der Waals surface area contributed by atoms with Crippen molar-refractivity contribution < 1.29 is 149 Å². The lowest BCUT2D eigenvalue weighted by Gasteiger charge is -2.52. The number of fused-ring (bicyclic) bond motifs is 3. The largest absolute Gasteiger partial charge is 0.460 e. The van der Waals surface area contributed by atoms with Crippen LogP contribution in [0.2, 0.25) is 0 Å². The number of hydrogen-bond donors (Lipinski definition) is 0. The Bertz CT molecular complexity index is 1900. The van der Waals surface area contributed by atoms with Crippen molar-refractivity contribution in [1.29, 1.82) is 0 Å². The summed E-state index contributed by atoms with van der Waals surface area (Å²) < 4.78 is 486. The van der Waals surface area contributed by atoms with Gasteiger partial charge in [-0.15, -0.1) is 0 Å². The zero-order valence-electron chi connectivity index (χ0n) is 28.0. The van der Waals surface area contributed by atoms with Crippen molar-refractivity contribution in [1.82, 2.24) is 0 Å². The van der Waals surface area contributed by atoms with Crippen molar-refractivity contribution in [3.63, 3.8) is 0 Å². The van der Waals surface area contributed by atoms with Gasteiger partial charge in [-0.3, -0.25) is 0 Å². The predicted molar refractivity (Wildman–Crippen MR) is 134 cm³/mol. The third-order valence-corrected chi connectivity index (χ3v) is 9.34. The molecule has 0 amide bonds. The molecule has 0 saturated heterocycles. The molecule has 2 aromatic rings. The van der Waals surface area contributed by atoms with E-state index in [0.717, 1.165) is 0 Å². The minimum absolute atomic E-state index is 0.191. The highest BCUT2D eigenvalue weighted by Crippen LogP contribution is 2.75. The predicted octanol–water partition coefficient (Wildman–Crippen LogP) is 14.0. The molecule has 0 N–H and O–H groups in total. The van der Waals surface area contributed by atoms with Gasteiger partial charge in [-0.25, -0.2) is 0 Å². The lowest BCUT2D eigenvalue weighted by molar-refractivity contribution is -0.475. The van der Waals surface area contributed by atoms with Crippen LogP contribution in [0.3, 0.4) is 0 Å². The maximum atomic E-state index is 16.4. The van der Waals surface area contributed by atoms with Crippen LogP contribution in [0.5, 0.6) is 0 Å². The van der Waals surface area contributed by atoms with E-state index in [2.05, 4.69) is 0 Å². The fourth-order valence-electron chi connectivity index (χ4n) is 5.91. The monoisotopic (exact) mass is 1000 g/mol. The lowest BCUT2D eigenvalue weighted by atomic mass is 9.62. The summed E-state index contributed by atoms with van der Waals surface area (Å²) in [7, 11) is 0. The van der Waals surface area contributed by atoms with Crippen LogP contribution >= 0.6 is 0 Å². The van der Waals surface area contributed by atoms with E-state index in [9.17, 15) is 114 Å². The smallest absolute Gasteiger partial charge is 0.198 e. The molecule has 0 unspecified atom stereocenters. The molecule has 0 atom stereocenters. The summed E-state index contributed by atoms with van der Waals surface area (Å²) in [5.41, 5.74) is -18.5. The van der Waals surface area contributed by atoms with Crippen LogP contribution in [0.1, 0.15) is 11.1 Å². The second kappa shape index (κ2) is 13.6. The Morgan fingerprint density at radius 2 is 0.397 bits per heavy atom. The molecule has 0 heterocycles. The molecule has 0 saturated carbocycles. The summed E-state index contributed by atoms with van der Waals surface area (Å²) in [6.07, 6.45) is -16.7. The second-order valence-corrected chi connectivity index (χ2v) is 12.9. The fraction of sp³-hybridized carbons (Fsp3) is 0.586. The first-order chi connectivity index (χ1) is 27.2. The molecule has 0 fully saturated rings. The minimum Gasteiger partial charge on any atom is -0.198 e. The quantitative estimate of drug-likeness (QED) is 0.166. The molecule has 0 aliphatic heterocycles. The van der Waals surface area contributed by atoms with Crippen LogP contribution in [0.25, 0.3) is 11.1 Å². The van der Waals surface area contributed by atoms with Crippen LogP contribution in [-0.4, -0.2) is 95.3 Å². The van der Waals surface area contributed by atoms with Gasteiger partial charge in [-0.2, -0.15) is 149 Å². The Balaban J connectivity index is 2.61. The molecule has 0 bridgehead atoms. The van der Waals surface area contributed by atoms with Gasteiger partial charge in [-0.1, -0.05) is 48.5 Å². The molecule has 1 aliphatic carbocycles. The Kier molecular flexibility index (Phi) is 11.5. The first-order valence-electron chi connectivity index (χ1n) is 14.8. The molecule has 0 aromatic heterocycles. The van der Waals surface area contributed by atoms with Crippen molar-refractivity contribution in [2.45, 2.75) is 101 Å². The SMILES string of the molecule is FC(F)(F)C(F)(F)C(F)(F)C(F)(F)C(F)(F)C(F)(F)C(F)(F)C(F)(F)C1(C(F)(F)C(F)(F)C(F)(F)C(F)(F)C(F)(F)C(F)(F)C(F)(F)C(F)(F)F)c2ccccc2-c2ccccc21. The van der Waals surface area contributed by atoms with Gasteiger partial charge in [0.25, 0.3) is 0 Å². The molecule has 0 radical (unpaired) electrons. The fourth-order valence-corrected chi connectivity index (χ4v) is 5.91. The molecule has 0 nitrogen and oxygen atoms in total. The topological polar surface area (TPSA) is 0 Å². The summed E-state index contributed by atoms with van der Waals surface area (Å²) >= 11 is 0. The Morgan fingerprint density at radius 3 is 0.603 bits per heavy atom. The van der Waals surface area contributed by atoms with E-state index in [0.29, 0.717) is 0 Å². The lowest BCUT2D eigenvalue weighted by Crippen LogP contribution is -2.80. The molecule has 3 rings (SSSR count). The second-order valence-electron chi connectivity index (χ2n) is 12.9. The van der Waals surface area contributed by atoms with Crippen LogP contribution in [0.4, 0.5) is 149 Å². The van der Waals surface area contributed by atoms with E-state index in [1.54, 1.807) is 0 Å². The number of hydrogen-bond acceptors (Lipinski definition) is 0. The highest BCUT2D eigenvalue weighted by Gasteiger charge is 3.01. The number of benzene rings is 2. The number of rotatable bonds is 14. The number of halogens is 34. The van der Waals surface area contributed by atoms with Gasteiger partial charge in [0.1, 0.15) is 0 Å². The van der Waals surface area contributed by atoms with Gasteiger partial charge >= 0.3 is 95.3 Å². The van der Waals surface area contributed by atoms with E-state index in [1.165, 1.54) is 0 Å². The van der Waals surface area contributed by atoms with Crippen molar-refractivity contribution in [3.8, 4) is 11.1 Å². The maximum Gasteiger partial charge on any atom is 0.460 e. The molecule has 2 aromatic carbocycles. The van der Waals surface area contributed by atoms with E-state index >= 15 is 35.1 Å². The Morgan fingerprint density at radius 1 is 0.222 bits per heavy atom. The zero-order valence-corrected chi connectivity index (χ0v) is 28.0. The standard InChI is InChI=1S/C29H8F34/c30-14(31,16(34,35)18(38,39)20(42,43)22(46,47)24(50,51)26(54,55)28(58,59)60)13(11-7-3-1-5-9(11)10-6-2-4-8-12(10)13)15(32,33)17(36,37)19(40,41)21(44,45)23(48,49)25(52,53)27(56,57)29(61,62)63/h1-8H. The van der Waals surface area contributed by atoms with Crippen molar-refractivity contribution >= 4 is 0 Å². The van der Waals surface area contributed by atoms with E-state index in [1.807, 2.05) is 0 Å². The van der Waals surface area contributed by atoms with E-state index in [-0.39, 0.29) is 36.4 Å². The summed E-state index contributed by atoms with van der Waals surface area (Å²) in [5.74, 6) is -133. The molecular weight excluding hydrogens is 994 g/mol. The van der Waals surface area contributed by atoms with E-state index < -0.39 is 135 Å². The normalized spacial score (nSPS) is 17.5. The van der Waals surface area contributed by atoms with Gasteiger partial charge < -0.3 is 0 Å². The van der Waals surface area contributed by atoms with Crippen LogP contribution < -0.4 is 0 Å². The molecule has 63 heavy (non-hydrogen) atoms. The van der Waals surface area contributed by atoms with Gasteiger partial charge in [0.15, 0.2) is 5.41 Å². The third kappa shape index (κ3) is 5.76. The molecule has 0 spiro atoms. The van der Waals surface area contributed by atoms with Crippen molar-refractivity contribution in [3.05, 3.63) is 59.7 Å². The van der Waals surface area contributed by atoms with E-state index in [4.69, 9.17) is 0 Å². The zero-order chi connectivity index (χ0) is 50.5. The van der Waals surface area contributed by atoms with Crippen molar-refractivity contribution in [2.24, 2.45) is 0 Å². The minimum atomic E-state index is -9.81. The summed E-state index contributed by atoms with van der Waals surface area (Å²) in [6, 6.07) is -2.51. The van der Waals surface area contributed by atoms with Crippen LogP contribution in [-0.2, 0) is 5.41 Å².